The molecule has 0 saturated heterocycles. The summed E-state index contributed by atoms with van der Waals surface area (Å²) in [5, 5.41) is 8.45. The molecular formula is C6H13ClO. The van der Waals surface area contributed by atoms with E-state index in [0.717, 1.165) is 6.42 Å². The van der Waals surface area contributed by atoms with E-state index in [1.165, 1.54) is 0 Å². The van der Waals surface area contributed by atoms with Gasteiger partial charge in [-0.15, -0.1) is 11.6 Å². The summed E-state index contributed by atoms with van der Waals surface area (Å²) in [4.78, 5) is 0. The molecule has 2 atom stereocenters. The van der Waals surface area contributed by atoms with Crippen LogP contribution in [0.25, 0.3) is 0 Å². The monoisotopic (exact) mass is 136 g/mol. The quantitative estimate of drug-likeness (QED) is 0.585. The van der Waals surface area contributed by atoms with Crippen molar-refractivity contribution in [1.82, 2.24) is 0 Å². The second-order valence-electron chi connectivity index (χ2n) is 2.08. The lowest BCUT2D eigenvalue weighted by Gasteiger charge is -2.11. The Balaban J connectivity index is 3.29. The van der Waals surface area contributed by atoms with Crippen molar-refractivity contribution >= 4 is 11.6 Å². The molecule has 2 unspecified atom stereocenters. The van der Waals surface area contributed by atoms with Gasteiger partial charge in [0.25, 0.3) is 0 Å². The highest BCUT2D eigenvalue weighted by atomic mass is 35.5. The molecule has 0 rings (SSSR count). The van der Waals surface area contributed by atoms with Gasteiger partial charge in [-0.3, -0.25) is 0 Å². The van der Waals surface area contributed by atoms with E-state index in [2.05, 4.69) is 6.92 Å². The lowest BCUT2D eigenvalue weighted by molar-refractivity contribution is 0.265. The second kappa shape index (κ2) is 4.16. The van der Waals surface area contributed by atoms with Crippen LogP contribution in [0.4, 0.5) is 0 Å². The van der Waals surface area contributed by atoms with Crippen LogP contribution in [0.3, 0.4) is 0 Å². The van der Waals surface area contributed by atoms with Crippen LogP contribution in [0.5, 0.6) is 0 Å². The predicted octanol–water partition coefficient (Wildman–Crippen LogP) is 1.63. The van der Waals surface area contributed by atoms with E-state index in [1.54, 1.807) is 0 Å². The summed E-state index contributed by atoms with van der Waals surface area (Å²) in [7, 11) is 0. The van der Waals surface area contributed by atoms with Crippen molar-refractivity contribution in [3.63, 3.8) is 0 Å². The van der Waals surface area contributed by atoms with Crippen molar-refractivity contribution in [3.8, 4) is 0 Å². The smallest absolute Gasteiger partial charge is 0.0597 e. The Morgan fingerprint density at radius 3 is 2.25 bits per heavy atom. The fourth-order valence-electron chi connectivity index (χ4n) is 0.436. The second-order valence-corrected chi connectivity index (χ2v) is 2.64. The van der Waals surface area contributed by atoms with Crippen molar-refractivity contribution in [2.45, 2.75) is 25.6 Å². The molecule has 0 saturated carbocycles. The van der Waals surface area contributed by atoms with Crippen molar-refractivity contribution in [2.75, 3.05) is 6.61 Å². The number of hydrogen-bond donors (Lipinski definition) is 1. The van der Waals surface area contributed by atoms with Gasteiger partial charge in [0.1, 0.15) is 0 Å². The zero-order valence-electron chi connectivity index (χ0n) is 5.39. The summed E-state index contributed by atoms with van der Waals surface area (Å²) in [5.74, 6) is 0.432. The van der Waals surface area contributed by atoms with Crippen LogP contribution in [0, 0.1) is 5.92 Å². The summed E-state index contributed by atoms with van der Waals surface area (Å²) < 4.78 is 0. The van der Waals surface area contributed by atoms with Crippen LogP contribution < -0.4 is 0 Å². The molecule has 0 amide bonds. The zero-order valence-corrected chi connectivity index (χ0v) is 6.15. The molecule has 0 aliphatic carbocycles. The minimum atomic E-state index is -0.0556. The highest BCUT2D eigenvalue weighted by Crippen LogP contribution is 2.12. The Bertz CT molecular complexity index is 48.5. The normalized spacial score (nSPS) is 18.0. The lowest BCUT2D eigenvalue weighted by Crippen LogP contribution is -2.14. The van der Waals surface area contributed by atoms with Gasteiger partial charge in [-0.1, -0.05) is 20.3 Å². The third kappa shape index (κ3) is 2.53. The van der Waals surface area contributed by atoms with Gasteiger partial charge in [0.15, 0.2) is 0 Å². The van der Waals surface area contributed by atoms with Gasteiger partial charge in [0, 0.05) is 0 Å². The molecule has 8 heavy (non-hydrogen) atoms. The van der Waals surface area contributed by atoms with Crippen LogP contribution in [-0.2, 0) is 0 Å². The van der Waals surface area contributed by atoms with Gasteiger partial charge in [-0.25, -0.2) is 0 Å². The molecule has 0 radical (unpaired) electrons. The minimum Gasteiger partial charge on any atom is -0.395 e. The molecule has 0 spiro atoms. The largest absolute Gasteiger partial charge is 0.395 e. The topological polar surface area (TPSA) is 20.2 Å². The first-order valence-corrected chi connectivity index (χ1v) is 3.41. The fourth-order valence-corrected chi connectivity index (χ4v) is 0.614. The average molecular weight is 137 g/mol. The van der Waals surface area contributed by atoms with Gasteiger partial charge in [-0.05, 0) is 5.92 Å². The minimum absolute atomic E-state index is 0.0556. The number of alkyl halides is 1. The summed E-state index contributed by atoms with van der Waals surface area (Å²) >= 11 is 5.67. The first kappa shape index (κ1) is 8.25. The van der Waals surface area contributed by atoms with E-state index >= 15 is 0 Å². The van der Waals surface area contributed by atoms with Crippen LogP contribution in [0.2, 0.25) is 0 Å². The average Bonchev–Trinajstić information content (AvgIpc) is 1.84. The van der Waals surface area contributed by atoms with E-state index < -0.39 is 0 Å². The van der Waals surface area contributed by atoms with Crippen molar-refractivity contribution in [2.24, 2.45) is 5.92 Å². The predicted molar refractivity (Wildman–Crippen MR) is 36.2 cm³/mol. The van der Waals surface area contributed by atoms with Crippen LogP contribution >= 0.6 is 11.6 Å². The number of rotatable bonds is 3. The zero-order chi connectivity index (χ0) is 6.57. The number of halogens is 1. The van der Waals surface area contributed by atoms with E-state index in [-0.39, 0.29) is 12.0 Å². The number of hydrogen-bond acceptors (Lipinski definition) is 1. The Morgan fingerprint density at radius 2 is 2.12 bits per heavy atom. The molecule has 0 aromatic heterocycles. The third-order valence-corrected chi connectivity index (χ3v) is 2.00. The molecule has 2 heteroatoms. The Hall–Kier alpha value is 0.250. The highest BCUT2D eigenvalue weighted by Gasteiger charge is 2.09. The van der Waals surface area contributed by atoms with Crippen molar-refractivity contribution in [3.05, 3.63) is 0 Å². The maximum Gasteiger partial charge on any atom is 0.0597 e. The lowest BCUT2D eigenvalue weighted by atomic mass is 10.1. The SMILES string of the molecule is CCC(C)C(Cl)CO. The van der Waals surface area contributed by atoms with Crippen molar-refractivity contribution < 1.29 is 5.11 Å². The van der Waals surface area contributed by atoms with Gasteiger partial charge in [-0.2, -0.15) is 0 Å². The standard InChI is InChI=1S/C6H13ClO/c1-3-5(2)6(7)4-8/h5-6,8H,3-4H2,1-2H3. The Kier molecular flexibility index (Phi) is 4.29. The molecule has 0 aliphatic heterocycles. The van der Waals surface area contributed by atoms with Crippen LogP contribution in [-0.4, -0.2) is 17.1 Å². The third-order valence-electron chi connectivity index (χ3n) is 1.44. The molecule has 0 aromatic rings. The summed E-state index contributed by atoms with van der Waals surface area (Å²) in [6, 6.07) is 0. The van der Waals surface area contributed by atoms with Gasteiger partial charge in [0.2, 0.25) is 0 Å². The van der Waals surface area contributed by atoms with Crippen LogP contribution in [0.1, 0.15) is 20.3 Å². The van der Waals surface area contributed by atoms with E-state index in [9.17, 15) is 0 Å². The number of aliphatic hydroxyl groups excluding tert-OH is 1. The molecule has 0 fully saturated rings. The van der Waals surface area contributed by atoms with E-state index in [4.69, 9.17) is 16.7 Å². The maximum atomic E-state index is 8.50. The highest BCUT2D eigenvalue weighted by molar-refractivity contribution is 6.20. The van der Waals surface area contributed by atoms with E-state index in [1.807, 2.05) is 6.92 Å². The molecule has 1 nitrogen and oxygen atoms in total. The van der Waals surface area contributed by atoms with Crippen LogP contribution in [0.15, 0.2) is 0 Å². The van der Waals surface area contributed by atoms with Crippen molar-refractivity contribution in [1.29, 1.82) is 0 Å². The Morgan fingerprint density at radius 1 is 1.62 bits per heavy atom. The number of aliphatic hydroxyl groups is 1. The summed E-state index contributed by atoms with van der Waals surface area (Å²) in [6.07, 6.45) is 1.04. The first-order valence-electron chi connectivity index (χ1n) is 2.97. The van der Waals surface area contributed by atoms with Gasteiger partial charge >= 0.3 is 0 Å². The molecule has 0 aromatic carbocycles. The van der Waals surface area contributed by atoms with E-state index in [0.29, 0.717) is 5.92 Å². The Labute approximate surface area is 55.7 Å². The molecule has 50 valence electrons. The molecule has 1 N–H and O–H groups in total. The molecule has 0 aliphatic rings. The maximum absolute atomic E-state index is 8.50. The van der Waals surface area contributed by atoms with Gasteiger partial charge < -0.3 is 5.11 Å². The molecular weight excluding hydrogens is 124 g/mol. The fraction of sp³-hybridized carbons (Fsp3) is 1.00. The molecule has 0 bridgehead atoms. The summed E-state index contributed by atoms with van der Waals surface area (Å²) in [5.41, 5.74) is 0. The van der Waals surface area contributed by atoms with Gasteiger partial charge in [0.05, 0.1) is 12.0 Å². The molecule has 0 heterocycles. The first-order chi connectivity index (χ1) is 3.72. The summed E-state index contributed by atoms with van der Waals surface area (Å²) in [6.45, 7) is 4.19.